The van der Waals surface area contributed by atoms with Crippen molar-refractivity contribution >= 4 is 18.5 Å². The van der Waals surface area contributed by atoms with Gasteiger partial charge in [-0.1, -0.05) is 30.3 Å². The summed E-state index contributed by atoms with van der Waals surface area (Å²) in [5, 5.41) is 0. The number of rotatable bonds is 4. The van der Waals surface area contributed by atoms with Crippen molar-refractivity contribution < 1.29 is 9.53 Å². The molecule has 8 heteroatoms. The Morgan fingerprint density at radius 2 is 1.88 bits per heavy atom. The van der Waals surface area contributed by atoms with E-state index < -0.39 is 0 Å². The summed E-state index contributed by atoms with van der Waals surface area (Å²) in [4.78, 5) is 34.9. The number of H-pyrrole nitrogens is 1. The monoisotopic (exact) mass is 378 g/mol. The molecule has 2 heterocycles. The Morgan fingerprint density at radius 1 is 1.19 bits per heavy atom. The molecular weight excluding hydrogens is 356 g/mol. The molecule has 2 aromatic rings. The first-order valence-electron chi connectivity index (χ1n) is 8.45. The Labute approximate surface area is 158 Å². The quantitative estimate of drug-likeness (QED) is 0.881. The van der Waals surface area contributed by atoms with Crippen LogP contribution in [0.2, 0.25) is 0 Å². The van der Waals surface area contributed by atoms with E-state index in [-0.39, 0.29) is 24.1 Å². The van der Waals surface area contributed by atoms with Crippen LogP contribution in [-0.4, -0.2) is 58.6 Å². The maximum absolute atomic E-state index is 12.0. The highest BCUT2D eigenvalue weighted by Gasteiger charge is 2.22. The van der Waals surface area contributed by atoms with Crippen molar-refractivity contribution in [1.82, 2.24) is 19.8 Å². The van der Waals surface area contributed by atoms with Crippen molar-refractivity contribution in [2.45, 2.75) is 13.5 Å². The number of aromatic nitrogens is 2. The van der Waals surface area contributed by atoms with Crippen molar-refractivity contribution in [3.05, 3.63) is 52.4 Å². The van der Waals surface area contributed by atoms with Crippen molar-refractivity contribution in [2.24, 2.45) is 0 Å². The van der Waals surface area contributed by atoms with Crippen LogP contribution in [0.4, 0.5) is 4.79 Å². The lowest BCUT2D eigenvalue weighted by molar-refractivity contribution is 0.0775. The number of aromatic amines is 1. The van der Waals surface area contributed by atoms with Crippen LogP contribution in [0.25, 0.3) is 11.4 Å². The van der Waals surface area contributed by atoms with E-state index in [1.807, 2.05) is 30.3 Å². The van der Waals surface area contributed by atoms with Gasteiger partial charge in [-0.2, -0.15) is 0 Å². The van der Waals surface area contributed by atoms with Gasteiger partial charge in [-0.3, -0.25) is 9.69 Å². The first kappa shape index (κ1) is 19.9. The van der Waals surface area contributed by atoms with Crippen LogP contribution in [0.5, 0.6) is 0 Å². The lowest BCUT2D eigenvalue weighted by Crippen LogP contribution is -2.48. The fourth-order valence-corrected chi connectivity index (χ4v) is 2.85. The largest absolute Gasteiger partial charge is 0.450 e. The normalized spacial score (nSPS) is 14.6. The summed E-state index contributed by atoms with van der Waals surface area (Å²) < 4.78 is 5.03. The van der Waals surface area contributed by atoms with E-state index in [4.69, 9.17) is 4.74 Å². The average molecular weight is 379 g/mol. The smallest absolute Gasteiger partial charge is 0.409 e. The van der Waals surface area contributed by atoms with Gasteiger partial charge in [0.05, 0.1) is 12.3 Å². The maximum Gasteiger partial charge on any atom is 0.409 e. The Kier molecular flexibility index (Phi) is 7.17. The van der Waals surface area contributed by atoms with Crippen LogP contribution in [0.15, 0.2) is 41.2 Å². The van der Waals surface area contributed by atoms with Gasteiger partial charge in [0.2, 0.25) is 0 Å². The Hall–Kier alpha value is -2.38. The first-order valence-corrected chi connectivity index (χ1v) is 8.45. The number of hydrogen-bond acceptors (Lipinski definition) is 5. The molecule has 1 amide bonds. The number of carbonyl (C=O) groups is 1. The predicted molar refractivity (Wildman–Crippen MR) is 101 cm³/mol. The first-order chi connectivity index (χ1) is 12.2. The third kappa shape index (κ3) is 5.06. The average Bonchev–Trinajstić information content (AvgIpc) is 2.63. The fraction of sp³-hybridized carbons (Fsp3) is 0.389. The van der Waals surface area contributed by atoms with Gasteiger partial charge in [-0.15, -0.1) is 12.4 Å². The molecule has 3 rings (SSSR count). The van der Waals surface area contributed by atoms with E-state index in [1.54, 1.807) is 11.8 Å². The summed E-state index contributed by atoms with van der Waals surface area (Å²) in [6.45, 7) is 5.47. The Bertz CT molecular complexity index is 774. The Morgan fingerprint density at radius 3 is 2.54 bits per heavy atom. The van der Waals surface area contributed by atoms with Gasteiger partial charge in [0, 0.05) is 44.4 Å². The van der Waals surface area contributed by atoms with Gasteiger partial charge in [0.25, 0.3) is 5.56 Å². The van der Waals surface area contributed by atoms with Gasteiger partial charge in [0.15, 0.2) is 0 Å². The number of benzene rings is 1. The molecule has 1 aliphatic rings. The van der Waals surface area contributed by atoms with Gasteiger partial charge in [-0.25, -0.2) is 9.78 Å². The standard InChI is InChI=1S/C18H22N4O3.ClH/c1-2-25-18(24)22-10-8-21(9-11-22)13-15-12-16(23)20-17(19-15)14-6-4-3-5-7-14;/h3-7,12H,2,8-11,13H2,1H3,(H,19,20,23);1H. The van der Waals surface area contributed by atoms with Gasteiger partial charge in [0.1, 0.15) is 5.82 Å². The number of carbonyl (C=O) groups excluding carboxylic acids is 1. The molecule has 140 valence electrons. The van der Waals surface area contributed by atoms with E-state index in [0.29, 0.717) is 32.1 Å². The van der Waals surface area contributed by atoms with Crippen LogP contribution in [0, 0.1) is 0 Å². The summed E-state index contributed by atoms with van der Waals surface area (Å²) in [6.07, 6.45) is -0.261. The zero-order valence-electron chi connectivity index (χ0n) is 14.7. The highest BCUT2D eigenvalue weighted by Crippen LogP contribution is 2.14. The molecule has 1 aromatic heterocycles. The second-order valence-electron chi connectivity index (χ2n) is 5.91. The summed E-state index contributed by atoms with van der Waals surface area (Å²) in [5.41, 5.74) is 1.45. The van der Waals surface area contributed by atoms with E-state index >= 15 is 0 Å². The van der Waals surface area contributed by atoms with E-state index in [9.17, 15) is 9.59 Å². The molecule has 1 fully saturated rings. The summed E-state index contributed by atoms with van der Waals surface area (Å²) >= 11 is 0. The van der Waals surface area contributed by atoms with Crippen LogP contribution in [-0.2, 0) is 11.3 Å². The third-order valence-electron chi connectivity index (χ3n) is 4.13. The minimum Gasteiger partial charge on any atom is -0.450 e. The molecule has 0 saturated carbocycles. The minimum absolute atomic E-state index is 0. The molecule has 26 heavy (non-hydrogen) atoms. The summed E-state index contributed by atoms with van der Waals surface area (Å²) in [7, 11) is 0. The van der Waals surface area contributed by atoms with E-state index in [1.165, 1.54) is 6.07 Å². The summed E-state index contributed by atoms with van der Waals surface area (Å²) in [5.74, 6) is 0.577. The molecule has 7 nitrogen and oxygen atoms in total. The molecule has 0 spiro atoms. The van der Waals surface area contributed by atoms with Gasteiger partial charge < -0.3 is 14.6 Å². The highest BCUT2D eigenvalue weighted by atomic mass is 35.5. The van der Waals surface area contributed by atoms with Crippen molar-refractivity contribution in [2.75, 3.05) is 32.8 Å². The second-order valence-corrected chi connectivity index (χ2v) is 5.91. The molecule has 1 aromatic carbocycles. The molecular formula is C18H23ClN4O3. The lowest BCUT2D eigenvalue weighted by atomic mass is 10.2. The molecule has 1 saturated heterocycles. The van der Waals surface area contributed by atoms with Crippen molar-refractivity contribution in [3.8, 4) is 11.4 Å². The van der Waals surface area contributed by atoms with E-state index in [0.717, 1.165) is 24.3 Å². The highest BCUT2D eigenvalue weighted by molar-refractivity contribution is 5.85. The zero-order valence-corrected chi connectivity index (χ0v) is 15.5. The molecule has 1 N–H and O–H groups in total. The van der Waals surface area contributed by atoms with Gasteiger partial charge >= 0.3 is 6.09 Å². The van der Waals surface area contributed by atoms with Crippen molar-refractivity contribution in [3.63, 3.8) is 0 Å². The van der Waals surface area contributed by atoms with Crippen LogP contribution >= 0.6 is 12.4 Å². The van der Waals surface area contributed by atoms with Crippen molar-refractivity contribution in [1.29, 1.82) is 0 Å². The molecule has 0 unspecified atom stereocenters. The maximum atomic E-state index is 12.0. The fourth-order valence-electron chi connectivity index (χ4n) is 2.85. The summed E-state index contributed by atoms with van der Waals surface area (Å²) in [6, 6.07) is 11.1. The SMILES string of the molecule is CCOC(=O)N1CCN(Cc2cc(=O)[nH]c(-c3ccccc3)n2)CC1.Cl. The van der Waals surface area contributed by atoms with E-state index in [2.05, 4.69) is 14.9 Å². The number of hydrogen-bond donors (Lipinski definition) is 1. The molecule has 0 radical (unpaired) electrons. The predicted octanol–water partition coefficient (Wildman–Crippen LogP) is 2.13. The number of nitrogens with zero attached hydrogens (tertiary/aromatic N) is 3. The topological polar surface area (TPSA) is 78.5 Å². The number of ether oxygens (including phenoxy) is 1. The van der Waals surface area contributed by atoms with Crippen LogP contribution in [0.1, 0.15) is 12.6 Å². The molecule has 0 atom stereocenters. The number of halogens is 1. The zero-order chi connectivity index (χ0) is 17.6. The molecule has 0 aliphatic carbocycles. The minimum atomic E-state index is -0.261. The number of amides is 1. The second kappa shape index (κ2) is 9.35. The van der Waals surface area contributed by atoms with Gasteiger partial charge in [-0.05, 0) is 6.92 Å². The third-order valence-corrected chi connectivity index (χ3v) is 4.13. The molecule has 0 bridgehead atoms. The van der Waals surface area contributed by atoms with Crippen LogP contribution in [0.3, 0.4) is 0 Å². The lowest BCUT2D eigenvalue weighted by Gasteiger charge is -2.33. The molecule has 1 aliphatic heterocycles. The number of piperazine rings is 1. The number of nitrogens with one attached hydrogen (secondary N) is 1. The Balaban J connectivity index is 0.00000243. The van der Waals surface area contributed by atoms with Crippen LogP contribution < -0.4 is 5.56 Å².